The molecule has 2 unspecified atom stereocenters. The number of quaternary nitrogens is 1. The third-order valence-corrected chi connectivity index (χ3v) is 9.53. The molecule has 0 amide bonds. The Morgan fingerprint density at radius 1 is 0.476 bits per heavy atom. The molecule has 0 radical (unpaired) electrons. The summed E-state index contributed by atoms with van der Waals surface area (Å²) in [5, 5.41) is 11.6. The molecule has 2 atom stereocenters. The van der Waals surface area contributed by atoms with Crippen LogP contribution in [-0.4, -0.2) is 75.5 Å². The van der Waals surface area contributed by atoms with E-state index in [-0.39, 0.29) is 55.5 Å². The highest BCUT2D eigenvalue weighted by molar-refractivity contribution is 5.70. The molecule has 0 saturated carbocycles. The van der Waals surface area contributed by atoms with Crippen LogP contribution in [0.15, 0.2) is 134 Å². The van der Waals surface area contributed by atoms with Gasteiger partial charge in [-0.3, -0.25) is 9.59 Å². The Labute approximate surface area is 383 Å². The minimum atomic E-state index is -1.14. The van der Waals surface area contributed by atoms with E-state index in [1.54, 1.807) is 21.1 Å². The zero-order valence-corrected chi connectivity index (χ0v) is 39.9. The first kappa shape index (κ1) is 58.5. The van der Waals surface area contributed by atoms with Gasteiger partial charge in [0.1, 0.15) is 12.6 Å². The van der Waals surface area contributed by atoms with Gasteiger partial charge in [-0.1, -0.05) is 154 Å². The van der Waals surface area contributed by atoms with Gasteiger partial charge in [-0.2, -0.15) is 0 Å². The molecule has 0 aromatic carbocycles. The van der Waals surface area contributed by atoms with Crippen molar-refractivity contribution in [2.24, 2.45) is 0 Å². The highest BCUT2D eigenvalue weighted by atomic mass is 16.6. The molecule has 0 fully saturated rings. The molecule has 0 aromatic heterocycles. The maximum atomic E-state index is 12.7. The molecule has 0 aliphatic rings. The van der Waals surface area contributed by atoms with Crippen LogP contribution in [0.3, 0.4) is 0 Å². The summed E-state index contributed by atoms with van der Waals surface area (Å²) in [6.45, 7) is 4.31. The molecule has 0 aliphatic heterocycles. The second kappa shape index (κ2) is 44.1. The van der Waals surface area contributed by atoms with Crippen LogP contribution in [0.1, 0.15) is 142 Å². The summed E-state index contributed by atoms with van der Waals surface area (Å²) in [6, 6.07) is -0.750. The van der Waals surface area contributed by atoms with E-state index in [2.05, 4.69) is 148 Å². The smallest absolute Gasteiger partial charge is 0.306 e. The van der Waals surface area contributed by atoms with Crippen molar-refractivity contribution in [3.8, 4) is 0 Å². The van der Waals surface area contributed by atoms with Crippen molar-refractivity contribution < 1.29 is 38.2 Å². The third kappa shape index (κ3) is 42.5. The van der Waals surface area contributed by atoms with Crippen molar-refractivity contribution in [2.45, 2.75) is 154 Å². The van der Waals surface area contributed by atoms with Crippen LogP contribution >= 0.6 is 0 Å². The zero-order chi connectivity index (χ0) is 46.3. The molecular weight excluding hydrogens is 787 g/mol. The Morgan fingerprint density at radius 2 is 0.857 bits per heavy atom. The minimum absolute atomic E-state index is 0.000896. The number of unbranched alkanes of at least 4 members (excludes halogenated alkanes) is 4. The maximum Gasteiger partial charge on any atom is 0.306 e. The summed E-state index contributed by atoms with van der Waals surface area (Å²) in [5.41, 5.74) is 0. The number of nitrogens with zero attached hydrogens (tertiary/aromatic N) is 1. The summed E-state index contributed by atoms with van der Waals surface area (Å²) >= 11 is 0. The van der Waals surface area contributed by atoms with Crippen molar-refractivity contribution in [2.75, 3.05) is 41.0 Å². The molecule has 0 bridgehead atoms. The lowest BCUT2D eigenvalue weighted by Crippen LogP contribution is -2.55. The number of rotatable bonds is 40. The van der Waals surface area contributed by atoms with E-state index in [4.69, 9.17) is 14.2 Å². The molecule has 8 heteroatoms. The lowest BCUT2D eigenvalue weighted by molar-refractivity contribution is -0.889. The molecule has 0 aliphatic carbocycles. The highest BCUT2D eigenvalue weighted by Crippen LogP contribution is 2.11. The molecule has 352 valence electrons. The summed E-state index contributed by atoms with van der Waals surface area (Å²) in [4.78, 5) is 36.9. The monoisotopic (exact) mass is 872 g/mol. The number of carbonyl (C=O) groups excluding carboxylic acids is 3. The fourth-order valence-electron chi connectivity index (χ4n) is 5.93. The maximum absolute atomic E-state index is 12.7. The molecule has 0 heterocycles. The van der Waals surface area contributed by atoms with Gasteiger partial charge >= 0.3 is 11.9 Å². The predicted octanol–water partition coefficient (Wildman–Crippen LogP) is 12.2. The number of allylic oxidation sites excluding steroid dienone is 22. The average molecular weight is 872 g/mol. The highest BCUT2D eigenvalue weighted by Gasteiger charge is 2.25. The van der Waals surface area contributed by atoms with Crippen molar-refractivity contribution in [1.29, 1.82) is 0 Å². The summed E-state index contributed by atoms with van der Waals surface area (Å²) in [7, 11) is 5.36. The van der Waals surface area contributed by atoms with Gasteiger partial charge in [-0.05, 0) is 103 Å². The number of ether oxygens (including phenoxy) is 3. The van der Waals surface area contributed by atoms with E-state index in [9.17, 15) is 19.5 Å². The van der Waals surface area contributed by atoms with Crippen LogP contribution in [-0.2, 0) is 28.6 Å². The molecule has 0 spiro atoms. The van der Waals surface area contributed by atoms with E-state index >= 15 is 0 Å². The van der Waals surface area contributed by atoms with Gasteiger partial charge in [0.15, 0.2) is 6.10 Å². The molecule has 63 heavy (non-hydrogen) atoms. The number of carboxylic acids is 1. The third-order valence-electron chi connectivity index (χ3n) is 9.53. The van der Waals surface area contributed by atoms with Crippen molar-refractivity contribution in [1.82, 2.24) is 0 Å². The Bertz CT molecular complexity index is 1480. The van der Waals surface area contributed by atoms with E-state index in [1.165, 1.54) is 0 Å². The Morgan fingerprint density at radius 3 is 1.25 bits per heavy atom. The number of aliphatic carboxylic acids is 1. The molecule has 8 nitrogen and oxygen atoms in total. The van der Waals surface area contributed by atoms with Gasteiger partial charge < -0.3 is 28.6 Å². The van der Waals surface area contributed by atoms with Crippen molar-refractivity contribution in [3.63, 3.8) is 0 Å². The van der Waals surface area contributed by atoms with Crippen LogP contribution in [0.2, 0.25) is 0 Å². The first-order valence-corrected chi connectivity index (χ1v) is 23.7. The van der Waals surface area contributed by atoms with Crippen molar-refractivity contribution in [3.05, 3.63) is 134 Å². The van der Waals surface area contributed by atoms with Crippen LogP contribution in [0, 0.1) is 0 Å². The van der Waals surface area contributed by atoms with Gasteiger partial charge in [0.2, 0.25) is 0 Å². The lowest BCUT2D eigenvalue weighted by atomic mass is 10.1. The Kier molecular flexibility index (Phi) is 40.9. The van der Waals surface area contributed by atoms with Gasteiger partial charge in [-0.25, -0.2) is 0 Å². The number of esters is 2. The molecule has 0 rings (SSSR count). The fourth-order valence-corrected chi connectivity index (χ4v) is 5.93. The fraction of sp³-hybridized carbons (Fsp3) is 0.545. The van der Waals surface area contributed by atoms with Gasteiger partial charge in [0.05, 0.1) is 40.3 Å². The standard InChI is InChI=1S/C55H85NO7/c1-6-8-10-12-14-16-18-20-22-24-25-26-27-28-29-30-32-33-35-37-39-41-43-45-53(57)62-50-51(49-61-48-47-52(55(59)60)56(3,4)5)63-54(58)46-44-42-40-38-36-34-31-23-21-19-17-15-13-11-9-7-2/h8-11,14-17,20-23,25-26,28-29,32-34,36-37,39,51-52H,6-7,12-13,18-19,24,27,30-31,35,38,40-50H2,1-5H3/b10-8+,11-9+,16-14+,17-15+,22-20+,23-21+,26-25+,29-28+,33-32+,36-34+,39-37+. The molecule has 0 N–H and O–H groups in total. The van der Waals surface area contributed by atoms with Crippen LogP contribution < -0.4 is 5.11 Å². The summed E-state index contributed by atoms with van der Waals surface area (Å²) < 4.78 is 17.1. The van der Waals surface area contributed by atoms with E-state index in [1.807, 2.05) is 0 Å². The van der Waals surface area contributed by atoms with Crippen LogP contribution in [0.25, 0.3) is 0 Å². The SMILES string of the molecule is CC/C=C/C/C=C/C/C=C/C/C=C/C/C=C/C/C=C/C/C=C/CCCC(=O)OCC(COCCC(C(=O)[O-])[N+](C)(C)C)OC(=O)CCCCC/C=C/C/C=C/C/C=C/C/C=C/CC. The van der Waals surface area contributed by atoms with E-state index in [0.717, 1.165) is 96.3 Å². The predicted molar refractivity (Wildman–Crippen MR) is 263 cm³/mol. The Balaban J connectivity index is 4.48. The minimum Gasteiger partial charge on any atom is -0.544 e. The van der Waals surface area contributed by atoms with Crippen molar-refractivity contribution >= 4 is 17.9 Å². The topological polar surface area (TPSA) is 102 Å². The number of carbonyl (C=O) groups is 3. The quantitative estimate of drug-likeness (QED) is 0.0261. The zero-order valence-electron chi connectivity index (χ0n) is 39.9. The normalized spacial score (nSPS) is 14.1. The summed E-state index contributed by atoms with van der Waals surface area (Å²) in [5.74, 6) is -1.88. The number of carboxylic acid groups (broad SMARTS) is 1. The molecule has 0 saturated heterocycles. The van der Waals surface area contributed by atoms with E-state index in [0.29, 0.717) is 12.8 Å². The van der Waals surface area contributed by atoms with Gasteiger partial charge in [0, 0.05) is 19.3 Å². The average Bonchev–Trinajstić information content (AvgIpc) is 3.24. The molecular formula is C55H85NO7. The lowest BCUT2D eigenvalue weighted by Gasteiger charge is -2.34. The number of likely N-dealkylation sites (N-methyl/N-ethyl adjacent to an activating group) is 1. The Hall–Kier alpha value is -4.53. The van der Waals surface area contributed by atoms with Crippen LogP contribution in [0.5, 0.6) is 0 Å². The van der Waals surface area contributed by atoms with Gasteiger partial charge in [-0.15, -0.1) is 0 Å². The largest absolute Gasteiger partial charge is 0.544 e. The van der Waals surface area contributed by atoms with E-state index < -0.39 is 18.1 Å². The van der Waals surface area contributed by atoms with Gasteiger partial charge in [0.25, 0.3) is 0 Å². The molecule has 0 aromatic rings. The second-order valence-electron chi connectivity index (χ2n) is 16.2. The second-order valence-corrected chi connectivity index (χ2v) is 16.2. The number of hydrogen-bond donors (Lipinski definition) is 0. The van der Waals surface area contributed by atoms with Crippen LogP contribution in [0.4, 0.5) is 0 Å². The number of hydrogen-bond acceptors (Lipinski definition) is 7. The first-order chi connectivity index (χ1) is 30.6. The first-order valence-electron chi connectivity index (χ1n) is 23.7. The summed E-state index contributed by atoms with van der Waals surface area (Å²) in [6.07, 6.45) is 63.5.